The molecule has 0 bridgehead atoms. The molecule has 7 heteroatoms. The van der Waals surface area contributed by atoms with Crippen molar-refractivity contribution in [3.8, 4) is 11.5 Å². The second-order valence-electron chi connectivity index (χ2n) is 12.2. The van der Waals surface area contributed by atoms with E-state index in [2.05, 4.69) is 126 Å². The van der Waals surface area contributed by atoms with E-state index in [4.69, 9.17) is 9.84 Å². The van der Waals surface area contributed by atoms with Crippen LogP contribution in [-0.2, 0) is 5.66 Å². The number of hydrogen-bond acceptors (Lipinski definition) is 3. The fourth-order valence-corrected chi connectivity index (χ4v) is 9.23. The largest absolute Gasteiger partial charge is 0.456 e. The van der Waals surface area contributed by atoms with E-state index in [0.717, 1.165) is 44.6 Å². The normalized spacial score (nSPS) is 17.4. The summed E-state index contributed by atoms with van der Waals surface area (Å²) in [4.78, 5) is 0. The van der Waals surface area contributed by atoms with Gasteiger partial charge in [0.2, 0.25) is 0 Å². The van der Waals surface area contributed by atoms with E-state index in [1.165, 1.54) is 54.9 Å². The maximum absolute atomic E-state index is 6.92. The van der Waals surface area contributed by atoms with E-state index in [1.807, 2.05) is 0 Å². The molecule has 7 nitrogen and oxygen atoms in total. The molecule has 0 N–H and O–H groups in total. The first-order chi connectivity index (χ1) is 21.9. The molecule has 0 radical (unpaired) electrons. The highest BCUT2D eigenvalue weighted by Gasteiger charge is 2.67. The molecular weight excluding hydrogens is 544 g/mol. The second kappa shape index (κ2) is 6.31. The summed E-state index contributed by atoms with van der Waals surface area (Å²) >= 11 is 0. The number of rotatable bonds is 0. The lowest BCUT2D eigenvalue weighted by Crippen LogP contribution is -2.71. The fraction of sp³-hybridized carbons (Fsp3) is 0.0270. The van der Waals surface area contributed by atoms with Crippen LogP contribution < -0.4 is 13.9 Å². The first-order valence-electron chi connectivity index (χ1n) is 14.9. The number of ether oxygens (including phenoxy) is 1. The molecule has 13 rings (SSSR count). The van der Waals surface area contributed by atoms with Crippen molar-refractivity contribution in [2.24, 2.45) is 0 Å². The highest BCUT2D eigenvalue weighted by atomic mass is 16.5. The number of para-hydroxylation sites is 5. The molecular formula is C37H18N6O+2. The molecule has 200 valence electrons. The Balaban J connectivity index is 1.45. The molecule has 1 spiro atoms. The van der Waals surface area contributed by atoms with Crippen LogP contribution in [0.15, 0.2) is 109 Å². The lowest BCUT2D eigenvalue weighted by molar-refractivity contribution is -0.923. The van der Waals surface area contributed by atoms with Gasteiger partial charge < -0.3 is 4.74 Å². The first kappa shape index (κ1) is 20.7. The van der Waals surface area contributed by atoms with Gasteiger partial charge in [-0.25, -0.2) is 0 Å². The minimum Gasteiger partial charge on any atom is -0.456 e. The summed E-state index contributed by atoms with van der Waals surface area (Å²) in [6, 6.07) is 37.3. The smallest absolute Gasteiger partial charge is 0.316 e. The third-order valence-electron chi connectivity index (χ3n) is 10.6. The molecule has 8 heterocycles. The molecule has 44 heavy (non-hydrogen) atoms. The highest BCUT2D eigenvalue weighted by molar-refractivity contribution is 6.19. The van der Waals surface area contributed by atoms with Crippen LogP contribution >= 0.6 is 0 Å². The minimum atomic E-state index is -0.711. The van der Waals surface area contributed by atoms with Gasteiger partial charge in [-0.3, -0.25) is 0 Å². The summed E-state index contributed by atoms with van der Waals surface area (Å²) in [7, 11) is 0. The average Bonchev–Trinajstić information content (AvgIpc) is 3.79. The van der Waals surface area contributed by atoms with Crippen LogP contribution in [0.25, 0.3) is 76.8 Å². The van der Waals surface area contributed by atoms with Gasteiger partial charge in [-0.15, -0.1) is 5.10 Å². The van der Waals surface area contributed by atoms with Crippen LogP contribution in [0.2, 0.25) is 0 Å². The summed E-state index contributed by atoms with van der Waals surface area (Å²) in [5, 5.41) is 16.3. The fourth-order valence-electron chi connectivity index (χ4n) is 9.23. The number of fused-ring (bicyclic) bond motifs is 12. The molecule has 0 amide bonds. The molecule has 3 aliphatic heterocycles. The molecule has 5 aromatic heterocycles. The number of pyridine rings is 2. The number of aromatic nitrogens is 6. The maximum Gasteiger partial charge on any atom is 0.316 e. The maximum atomic E-state index is 6.92. The van der Waals surface area contributed by atoms with Crippen molar-refractivity contribution in [2.75, 3.05) is 0 Å². The van der Waals surface area contributed by atoms with Crippen molar-refractivity contribution < 1.29 is 13.9 Å². The Kier molecular flexibility index (Phi) is 2.97. The Morgan fingerprint density at radius 2 is 1.14 bits per heavy atom. The van der Waals surface area contributed by atoms with Crippen LogP contribution in [0.1, 0.15) is 11.1 Å². The van der Waals surface area contributed by atoms with Crippen molar-refractivity contribution in [1.82, 2.24) is 19.0 Å². The van der Waals surface area contributed by atoms with Crippen molar-refractivity contribution in [2.45, 2.75) is 5.66 Å². The van der Waals surface area contributed by atoms with Crippen molar-refractivity contribution in [3.05, 3.63) is 120 Å². The average molecular weight is 563 g/mol. The molecule has 1 atom stereocenters. The number of hydrogen-bond donors (Lipinski definition) is 0. The van der Waals surface area contributed by atoms with E-state index in [-0.39, 0.29) is 0 Å². The third kappa shape index (κ3) is 1.80. The Bertz CT molecular complexity index is 2890. The topological polar surface area (TPSA) is 51.6 Å². The molecule has 0 fully saturated rings. The Hall–Kier alpha value is -6.08. The number of imidazole rings is 2. The SMILES string of the molecule is c1ccc2c(c1)c1ccc3c4c1c1n2c2ccccc2[n+]1C41c2c(ccc4c5ccnnc5n5c6ccccc6[n+]1c5c24)O3. The zero-order chi connectivity index (χ0) is 28.1. The lowest BCUT2D eigenvalue weighted by Gasteiger charge is -2.31. The van der Waals surface area contributed by atoms with Gasteiger partial charge in [0.05, 0.1) is 22.4 Å². The summed E-state index contributed by atoms with van der Waals surface area (Å²) in [6.45, 7) is 0. The van der Waals surface area contributed by atoms with Crippen LogP contribution in [-0.4, -0.2) is 19.0 Å². The van der Waals surface area contributed by atoms with Crippen molar-refractivity contribution in [1.29, 1.82) is 0 Å². The van der Waals surface area contributed by atoms with Crippen LogP contribution in [0.3, 0.4) is 0 Å². The third-order valence-corrected chi connectivity index (χ3v) is 10.6. The summed E-state index contributed by atoms with van der Waals surface area (Å²) in [5.74, 6) is 1.80. The molecule has 5 aromatic carbocycles. The first-order valence-corrected chi connectivity index (χ1v) is 14.9. The lowest BCUT2D eigenvalue weighted by atomic mass is 9.85. The number of benzene rings is 5. The van der Waals surface area contributed by atoms with Crippen LogP contribution in [0.4, 0.5) is 0 Å². The summed E-state index contributed by atoms with van der Waals surface area (Å²) in [6.07, 6.45) is 1.80. The predicted octanol–water partition coefficient (Wildman–Crippen LogP) is 6.51. The summed E-state index contributed by atoms with van der Waals surface area (Å²) < 4.78 is 16.9. The van der Waals surface area contributed by atoms with Gasteiger partial charge in [0.1, 0.15) is 28.1 Å². The molecule has 1 unspecified atom stereocenters. The van der Waals surface area contributed by atoms with E-state index in [0.29, 0.717) is 0 Å². The van der Waals surface area contributed by atoms with E-state index in [1.54, 1.807) is 6.20 Å². The van der Waals surface area contributed by atoms with E-state index >= 15 is 0 Å². The van der Waals surface area contributed by atoms with Crippen molar-refractivity contribution >= 4 is 76.8 Å². The molecule has 0 saturated carbocycles. The van der Waals surface area contributed by atoms with Gasteiger partial charge in [-0.1, -0.05) is 42.5 Å². The van der Waals surface area contributed by atoms with Crippen molar-refractivity contribution in [3.63, 3.8) is 0 Å². The van der Waals surface area contributed by atoms with Crippen LogP contribution in [0, 0.1) is 0 Å². The predicted molar refractivity (Wildman–Crippen MR) is 167 cm³/mol. The Morgan fingerprint density at radius 1 is 0.545 bits per heavy atom. The molecule has 10 aromatic rings. The van der Waals surface area contributed by atoms with E-state index < -0.39 is 5.66 Å². The quantitative estimate of drug-likeness (QED) is 0.157. The molecule has 0 saturated heterocycles. The molecule has 0 aliphatic carbocycles. The van der Waals surface area contributed by atoms with Gasteiger partial charge in [-0.2, -0.15) is 23.0 Å². The van der Waals surface area contributed by atoms with Gasteiger partial charge in [0.15, 0.2) is 22.1 Å². The van der Waals surface area contributed by atoms with Gasteiger partial charge in [-0.05, 0) is 60.7 Å². The van der Waals surface area contributed by atoms with Crippen LogP contribution in [0.5, 0.6) is 11.5 Å². The minimum absolute atomic E-state index is 0.711. The summed E-state index contributed by atoms with van der Waals surface area (Å²) in [5.41, 5.74) is 10.7. The van der Waals surface area contributed by atoms with E-state index in [9.17, 15) is 0 Å². The Labute approximate surface area is 247 Å². The highest BCUT2D eigenvalue weighted by Crippen LogP contribution is 2.58. The van der Waals surface area contributed by atoms with Gasteiger partial charge in [0, 0.05) is 16.2 Å². The number of nitrogens with zero attached hydrogens (tertiary/aromatic N) is 6. The van der Waals surface area contributed by atoms with Gasteiger partial charge in [0.25, 0.3) is 5.65 Å². The zero-order valence-electron chi connectivity index (χ0n) is 23.0. The molecule has 3 aliphatic rings. The zero-order valence-corrected chi connectivity index (χ0v) is 23.0. The standard InChI is InChI=1S/C37H18N6O/c1-2-8-23-19(7-1)20-13-15-28-32-30(20)35-40(23)24-9-3-5-11-26(24)42(35)37(32)33-29(44-28)16-14-21-22-17-18-38-39-34(22)41-25-10-4-6-12-27(25)43(37)36(41)31(21)33/h1-18H/q+2. The van der Waals surface area contributed by atoms with Gasteiger partial charge >= 0.3 is 17.0 Å². The second-order valence-corrected chi connectivity index (χ2v) is 12.2. The monoisotopic (exact) mass is 562 g/mol. The Morgan fingerprint density at radius 3 is 1.86 bits per heavy atom.